The molecule has 0 unspecified atom stereocenters. The molecule has 0 spiro atoms. The molecule has 0 aromatic heterocycles. The largest absolute Gasteiger partial charge is 0.354 e. The Morgan fingerprint density at radius 1 is 1.30 bits per heavy atom. The normalized spacial score (nSPS) is 24.1. The van der Waals surface area contributed by atoms with Crippen LogP contribution in [0.1, 0.15) is 13.3 Å². The van der Waals surface area contributed by atoms with Crippen LogP contribution in [0.5, 0.6) is 0 Å². The second kappa shape index (κ2) is 5.20. The van der Waals surface area contributed by atoms with Crippen molar-refractivity contribution in [1.82, 2.24) is 5.32 Å². The van der Waals surface area contributed by atoms with Gasteiger partial charge in [-0.2, -0.15) is 0 Å². The summed E-state index contributed by atoms with van der Waals surface area (Å²) in [4.78, 5) is 12.1. The van der Waals surface area contributed by atoms with Gasteiger partial charge in [-0.3, -0.25) is 4.79 Å². The number of carbonyl (C=O) groups excluding carboxylic acids is 1. The van der Waals surface area contributed by atoms with Gasteiger partial charge in [0.25, 0.3) is 0 Å². The lowest BCUT2D eigenvalue weighted by molar-refractivity contribution is -0.125. The average molecular weight is 336 g/mol. The summed E-state index contributed by atoms with van der Waals surface area (Å²) < 4.78 is 23.0. The van der Waals surface area contributed by atoms with Crippen molar-refractivity contribution in [1.29, 1.82) is 0 Å². The molecular weight excluding hydrogens is 321 g/mol. The first-order valence-electron chi connectivity index (χ1n) is 6.13. The van der Waals surface area contributed by atoms with E-state index in [9.17, 15) is 13.2 Å². The van der Waals surface area contributed by atoms with Gasteiger partial charge < -0.3 is 5.32 Å². The van der Waals surface area contributed by atoms with Crippen LogP contribution in [-0.4, -0.2) is 31.0 Å². The van der Waals surface area contributed by atoms with Gasteiger partial charge in [-0.25, -0.2) is 8.42 Å². The number of carbonyl (C=O) groups is 1. The zero-order valence-corrected chi connectivity index (χ0v) is 13.2. The number of hydrogen-bond acceptors (Lipinski definition) is 3. The Morgan fingerprint density at radius 3 is 2.35 bits per heavy atom. The van der Waals surface area contributed by atoms with E-state index in [4.69, 9.17) is 23.2 Å². The fourth-order valence-electron chi connectivity index (χ4n) is 1.89. The standard InChI is InChI=1S/C13H15Cl2NO3S/c1-12(9-13(12,14)15)11(17)16-7-8-20(18,19)10-5-3-2-4-6-10/h2-6H,7-9H2,1H3,(H,16,17)/t12-/m0/s1. The van der Waals surface area contributed by atoms with Gasteiger partial charge in [-0.05, 0) is 25.5 Å². The quantitative estimate of drug-likeness (QED) is 0.838. The van der Waals surface area contributed by atoms with Crippen LogP contribution in [0.2, 0.25) is 0 Å². The lowest BCUT2D eigenvalue weighted by atomic mass is 10.1. The average Bonchev–Trinajstić information content (AvgIpc) is 2.91. The Balaban J connectivity index is 1.90. The van der Waals surface area contributed by atoms with Crippen molar-refractivity contribution in [3.63, 3.8) is 0 Å². The van der Waals surface area contributed by atoms with Gasteiger partial charge >= 0.3 is 0 Å². The maximum atomic E-state index is 12.0. The predicted octanol–water partition coefficient (Wildman–Crippen LogP) is 2.16. The highest BCUT2D eigenvalue weighted by Gasteiger charge is 2.67. The fraction of sp³-hybridized carbons (Fsp3) is 0.462. The van der Waals surface area contributed by atoms with E-state index in [0.29, 0.717) is 6.42 Å². The molecule has 0 heterocycles. The van der Waals surface area contributed by atoms with Crippen LogP contribution < -0.4 is 5.32 Å². The van der Waals surface area contributed by atoms with Crippen molar-refractivity contribution in [3.8, 4) is 0 Å². The van der Waals surface area contributed by atoms with Crippen LogP contribution in [0, 0.1) is 5.41 Å². The summed E-state index contributed by atoms with van der Waals surface area (Å²) in [5.74, 6) is -0.470. The summed E-state index contributed by atoms with van der Waals surface area (Å²) in [5.41, 5.74) is -0.827. The monoisotopic (exact) mass is 335 g/mol. The summed E-state index contributed by atoms with van der Waals surface area (Å²) in [6, 6.07) is 8.12. The Hall–Kier alpha value is -0.780. The van der Waals surface area contributed by atoms with Crippen molar-refractivity contribution in [2.45, 2.75) is 22.6 Å². The van der Waals surface area contributed by atoms with Crippen LogP contribution in [0.4, 0.5) is 0 Å². The van der Waals surface area contributed by atoms with E-state index >= 15 is 0 Å². The summed E-state index contributed by atoms with van der Waals surface area (Å²) in [6.45, 7) is 1.70. The molecule has 1 aliphatic rings. The first kappa shape index (κ1) is 15.6. The van der Waals surface area contributed by atoms with Crippen LogP contribution in [0.3, 0.4) is 0 Å². The molecular formula is C13H15Cl2NO3S. The summed E-state index contributed by atoms with van der Waals surface area (Å²) in [5, 5.41) is 2.58. The minimum atomic E-state index is -3.39. The second-order valence-electron chi connectivity index (χ2n) is 5.10. The molecule has 1 aromatic rings. The molecule has 1 aliphatic carbocycles. The lowest BCUT2D eigenvalue weighted by Crippen LogP contribution is -2.36. The first-order chi connectivity index (χ1) is 9.19. The Morgan fingerprint density at radius 2 is 1.85 bits per heavy atom. The van der Waals surface area contributed by atoms with Crippen molar-refractivity contribution >= 4 is 38.9 Å². The smallest absolute Gasteiger partial charge is 0.229 e. The van der Waals surface area contributed by atoms with E-state index in [1.54, 1.807) is 25.1 Å². The maximum absolute atomic E-state index is 12.0. The molecule has 4 nitrogen and oxygen atoms in total. The van der Waals surface area contributed by atoms with Crippen molar-refractivity contribution in [3.05, 3.63) is 30.3 Å². The number of sulfone groups is 1. The Bertz CT molecular complexity index is 616. The highest BCUT2D eigenvalue weighted by atomic mass is 35.5. The van der Waals surface area contributed by atoms with Crippen LogP contribution >= 0.6 is 23.2 Å². The van der Waals surface area contributed by atoms with E-state index in [1.807, 2.05) is 0 Å². The zero-order chi connectivity index (χ0) is 15.0. The Kier molecular flexibility index (Phi) is 4.06. The number of alkyl halides is 2. The molecule has 110 valence electrons. The van der Waals surface area contributed by atoms with Crippen molar-refractivity contribution in [2.24, 2.45) is 5.41 Å². The maximum Gasteiger partial charge on any atom is 0.229 e. The molecule has 0 bridgehead atoms. The molecule has 1 aromatic carbocycles. The highest BCUT2D eigenvalue weighted by Crippen LogP contribution is 2.63. The molecule has 0 radical (unpaired) electrons. The number of halogens is 2. The van der Waals surface area contributed by atoms with Gasteiger partial charge in [0.1, 0.15) is 4.33 Å². The Labute approximate surface area is 128 Å². The first-order valence-corrected chi connectivity index (χ1v) is 8.54. The van der Waals surface area contributed by atoms with Gasteiger partial charge in [0, 0.05) is 6.54 Å². The summed E-state index contributed by atoms with van der Waals surface area (Å²) in [6.07, 6.45) is 0.375. The third-order valence-corrected chi connectivity index (χ3v) is 6.35. The predicted molar refractivity (Wildman–Crippen MR) is 78.7 cm³/mol. The second-order valence-corrected chi connectivity index (χ2v) is 8.69. The topological polar surface area (TPSA) is 63.2 Å². The van der Waals surface area contributed by atoms with E-state index in [2.05, 4.69) is 5.32 Å². The SMILES string of the molecule is C[C@@]1(C(=O)NCCS(=O)(=O)c2ccccc2)CC1(Cl)Cl. The van der Waals surface area contributed by atoms with Crippen LogP contribution in [0.15, 0.2) is 35.2 Å². The fourth-order valence-corrected chi connectivity index (χ4v) is 3.77. The number of nitrogens with one attached hydrogen (secondary N) is 1. The van der Waals surface area contributed by atoms with Crippen LogP contribution in [-0.2, 0) is 14.6 Å². The summed E-state index contributed by atoms with van der Waals surface area (Å²) in [7, 11) is -3.39. The van der Waals surface area contributed by atoms with Gasteiger partial charge in [-0.15, -0.1) is 23.2 Å². The highest BCUT2D eigenvalue weighted by molar-refractivity contribution is 7.91. The van der Waals surface area contributed by atoms with Crippen molar-refractivity contribution in [2.75, 3.05) is 12.3 Å². The summed E-state index contributed by atoms with van der Waals surface area (Å²) >= 11 is 11.8. The lowest BCUT2D eigenvalue weighted by Gasteiger charge is -2.12. The van der Waals surface area contributed by atoms with Gasteiger partial charge in [-0.1, -0.05) is 18.2 Å². The number of benzene rings is 1. The minimum Gasteiger partial charge on any atom is -0.354 e. The third-order valence-electron chi connectivity index (χ3n) is 3.52. The zero-order valence-electron chi connectivity index (χ0n) is 10.9. The third kappa shape index (κ3) is 2.95. The molecule has 1 atom stereocenters. The molecule has 0 aliphatic heterocycles. The molecule has 1 fully saturated rings. The van der Waals surface area contributed by atoms with Gasteiger partial charge in [0.2, 0.25) is 5.91 Å². The number of hydrogen-bond donors (Lipinski definition) is 1. The minimum absolute atomic E-state index is 0.0372. The molecule has 0 saturated heterocycles. The molecule has 7 heteroatoms. The molecule has 1 saturated carbocycles. The van der Waals surface area contributed by atoms with Gasteiger partial charge in [0.15, 0.2) is 9.84 Å². The molecule has 1 N–H and O–H groups in total. The van der Waals surface area contributed by atoms with E-state index in [-0.39, 0.29) is 23.1 Å². The van der Waals surface area contributed by atoms with E-state index in [0.717, 1.165) is 0 Å². The van der Waals surface area contributed by atoms with Crippen LogP contribution in [0.25, 0.3) is 0 Å². The number of rotatable bonds is 5. The molecule has 2 rings (SSSR count). The molecule has 20 heavy (non-hydrogen) atoms. The van der Waals surface area contributed by atoms with E-state index in [1.165, 1.54) is 12.1 Å². The van der Waals surface area contributed by atoms with Gasteiger partial charge in [0.05, 0.1) is 16.1 Å². The number of amides is 1. The molecule has 1 amide bonds. The van der Waals surface area contributed by atoms with E-state index < -0.39 is 19.6 Å². The van der Waals surface area contributed by atoms with Crippen molar-refractivity contribution < 1.29 is 13.2 Å².